The van der Waals surface area contributed by atoms with Gasteiger partial charge in [-0.25, -0.2) is 0 Å². The fraction of sp³-hybridized carbons (Fsp3) is 1.00. The van der Waals surface area contributed by atoms with Crippen molar-refractivity contribution in [3.8, 4) is 0 Å². The summed E-state index contributed by atoms with van der Waals surface area (Å²) in [6.07, 6.45) is 0. The van der Waals surface area contributed by atoms with Crippen molar-refractivity contribution in [2.45, 2.75) is 13.3 Å². The van der Waals surface area contributed by atoms with Gasteiger partial charge in [-0.1, -0.05) is 0 Å². The Bertz CT molecular complexity index is 74.0. The zero-order valence-electron chi connectivity index (χ0n) is 4.50. The van der Waals surface area contributed by atoms with Crippen molar-refractivity contribution in [2.24, 2.45) is 0 Å². The summed E-state index contributed by atoms with van der Waals surface area (Å²) in [6.45, 7) is 0. The van der Waals surface area contributed by atoms with Gasteiger partial charge in [-0.3, -0.25) is 0 Å². The van der Waals surface area contributed by atoms with Crippen LogP contribution in [0.15, 0.2) is 0 Å². The first-order valence-electron chi connectivity index (χ1n) is 2.18. The van der Waals surface area contributed by atoms with E-state index in [0.29, 0.717) is 0 Å². The van der Waals surface area contributed by atoms with Gasteiger partial charge in [-0.2, -0.15) is 0 Å². The van der Waals surface area contributed by atoms with Gasteiger partial charge < -0.3 is 0 Å². The Kier molecular flexibility index (Phi) is 4.46. The van der Waals surface area contributed by atoms with Crippen LogP contribution >= 0.6 is 0 Å². The monoisotopic (exact) mass is 273 g/mol. The summed E-state index contributed by atoms with van der Waals surface area (Å²) in [5.74, 6) is 0. The molecule has 0 aromatic rings. The number of halogens is 6. The molecule has 10 heavy (non-hydrogen) atoms. The Labute approximate surface area is 59.9 Å². The molecular weight excluding hydrogens is 269 g/mol. The fourth-order valence-electron chi connectivity index (χ4n) is 0.286. The van der Waals surface area contributed by atoms with Gasteiger partial charge in [0, 0.05) is 0 Å². The van der Waals surface area contributed by atoms with Gasteiger partial charge in [0.2, 0.25) is 0 Å². The molecule has 0 amide bonds. The molecule has 0 fully saturated rings. The van der Waals surface area contributed by atoms with Crippen LogP contribution in [0.4, 0.5) is 26.3 Å². The van der Waals surface area contributed by atoms with Gasteiger partial charge in [-0.15, -0.1) is 0 Å². The average molecular weight is 272 g/mol. The first kappa shape index (κ1) is 10.4. The second-order valence-corrected chi connectivity index (χ2v) is 7.99. The molecule has 0 aliphatic heterocycles. The van der Waals surface area contributed by atoms with E-state index in [2.05, 4.69) is 0 Å². The Morgan fingerprint density at radius 2 is 0.800 bits per heavy atom. The summed E-state index contributed by atoms with van der Waals surface area (Å²) in [4.78, 5) is 0. The van der Waals surface area contributed by atoms with E-state index in [9.17, 15) is 26.3 Å². The first-order chi connectivity index (χ1) is 4.46. The quantitative estimate of drug-likeness (QED) is 0.543. The van der Waals surface area contributed by atoms with E-state index in [1.807, 2.05) is 0 Å². The van der Waals surface area contributed by atoms with E-state index in [1.165, 1.54) is 0 Å². The Hall–Kier alpha value is 0.379. The number of alkyl halides is 6. The Morgan fingerprint density at radius 1 is 0.600 bits per heavy atom. The van der Waals surface area contributed by atoms with Crippen molar-refractivity contribution in [1.29, 1.82) is 0 Å². The molecule has 0 rings (SSSR count). The molecule has 0 aliphatic rings. The third kappa shape index (κ3) is 2.98. The van der Waals surface area contributed by atoms with Crippen LogP contribution in [-0.2, 0) is 0 Å². The van der Waals surface area contributed by atoms with E-state index in [1.54, 1.807) is 0 Å². The van der Waals surface area contributed by atoms with Gasteiger partial charge in [-0.05, 0) is 0 Å². The third-order valence-electron chi connectivity index (χ3n) is 0.756. The molecular formula is C3H3F6Sn. The van der Waals surface area contributed by atoms with Crippen molar-refractivity contribution in [3.63, 3.8) is 0 Å². The number of hydrogen-bond donors (Lipinski definition) is 0. The first-order valence-corrected chi connectivity index (χ1v) is 7.12. The van der Waals surface area contributed by atoms with E-state index in [-0.39, 0.29) is 0 Å². The molecule has 0 atom stereocenters. The molecule has 0 saturated heterocycles. The number of hydrogen-bond acceptors (Lipinski definition) is 0. The summed E-state index contributed by atoms with van der Waals surface area (Å²) >= 11 is -5.01. The molecule has 0 saturated carbocycles. The van der Waals surface area contributed by atoms with Gasteiger partial charge in [0.15, 0.2) is 0 Å². The fourth-order valence-corrected chi connectivity index (χ4v) is 1.92. The maximum absolute atomic E-state index is 11.3. The summed E-state index contributed by atoms with van der Waals surface area (Å²) in [7, 11) is 0. The minimum absolute atomic E-state index is 3.47. The van der Waals surface area contributed by atoms with Crippen LogP contribution in [0.1, 0.15) is 0 Å². The van der Waals surface area contributed by atoms with Crippen LogP contribution in [-0.4, -0.2) is 33.1 Å². The molecule has 0 unspecified atom stereocenters. The van der Waals surface area contributed by atoms with Crippen molar-refractivity contribution in [3.05, 3.63) is 0 Å². The molecule has 0 N–H and O–H groups in total. The Balaban J connectivity index is 3.98. The maximum atomic E-state index is 11.3. The summed E-state index contributed by atoms with van der Waals surface area (Å²) in [5.41, 5.74) is 0. The van der Waals surface area contributed by atoms with E-state index in [4.69, 9.17) is 0 Å². The summed E-state index contributed by atoms with van der Waals surface area (Å²) in [6, 6.07) is 0. The summed E-state index contributed by atoms with van der Waals surface area (Å²) < 4.78 is 57.6. The molecule has 7 heteroatoms. The molecule has 0 bridgehead atoms. The van der Waals surface area contributed by atoms with Crippen LogP contribution in [0, 0.1) is 0 Å². The zero-order chi connectivity index (χ0) is 8.31. The normalized spacial score (nSPS) is 12.6. The van der Waals surface area contributed by atoms with Crippen LogP contribution < -0.4 is 0 Å². The molecule has 0 aromatic heterocycles. The van der Waals surface area contributed by atoms with Gasteiger partial charge in [0.25, 0.3) is 0 Å². The predicted molar refractivity (Wildman–Crippen MR) is 23.8 cm³/mol. The van der Waals surface area contributed by atoms with Crippen LogP contribution in [0.2, 0.25) is 0 Å². The molecule has 0 spiro atoms. The topological polar surface area (TPSA) is 0 Å². The molecule has 0 nitrogen and oxygen atoms in total. The van der Waals surface area contributed by atoms with Crippen LogP contribution in [0.5, 0.6) is 0 Å². The second kappa shape index (κ2) is 4.30. The van der Waals surface area contributed by atoms with Crippen molar-refractivity contribution >= 4 is 19.8 Å². The zero-order valence-corrected chi connectivity index (χ0v) is 7.35. The van der Waals surface area contributed by atoms with Crippen molar-refractivity contribution < 1.29 is 26.3 Å². The minimum atomic E-state index is -5.01. The summed E-state index contributed by atoms with van der Waals surface area (Å²) in [5, 5.41) is 0. The second-order valence-electron chi connectivity index (χ2n) is 1.40. The van der Waals surface area contributed by atoms with Crippen LogP contribution in [0.25, 0.3) is 0 Å². The molecule has 0 heterocycles. The molecule has 0 aliphatic carbocycles. The standard InChI is InChI=1S/3CHF2.Sn/c3*2-1-3;/h3*1H;. The third-order valence-corrected chi connectivity index (χ3v) is 5.07. The van der Waals surface area contributed by atoms with Crippen LogP contribution in [0.3, 0.4) is 0 Å². The predicted octanol–water partition coefficient (Wildman–Crippen LogP) is 1.89. The van der Waals surface area contributed by atoms with Crippen molar-refractivity contribution in [1.82, 2.24) is 0 Å². The van der Waals surface area contributed by atoms with Gasteiger partial charge >= 0.3 is 59.4 Å². The molecule has 0 aromatic carbocycles. The van der Waals surface area contributed by atoms with Gasteiger partial charge in [0.05, 0.1) is 0 Å². The van der Waals surface area contributed by atoms with E-state index >= 15 is 0 Å². The van der Waals surface area contributed by atoms with E-state index in [0.717, 1.165) is 0 Å². The molecule has 1 radical (unpaired) electrons. The average Bonchev–Trinajstić information content (AvgIpc) is 1.59. The van der Waals surface area contributed by atoms with Crippen molar-refractivity contribution in [2.75, 3.05) is 0 Å². The molecule has 61 valence electrons. The van der Waals surface area contributed by atoms with Gasteiger partial charge in [0.1, 0.15) is 0 Å². The Morgan fingerprint density at radius 3 is 0.800 bits per heavy atom. The van der Waals surface area contributed by atoms with E-state index < -0.39 is 33.1 Å². The SMILES string of the molecule is F[CH](F)[Sn]([CH](F)F)[CH](F)F. The number of rotatable bonds is 3.